The summed E-state index contributed by atoms with van der Waals surface area (Å²) in [6, 6.07) is 9.29. The van der Waals surface area contributed by atoms with Crippen molar-refractivity contribution >= 4 is 59.8 Å². The zero-order chi connectivity index (χ0) is 29.2. The highest BCUT2D eigenvalue weighted by molar-refractivity contribution is 7.89. The van der Waals surface area contributed by atoms with E-state index in [4.69, 9.17) is 14.3 Å². The van der Waals surface area contributed by atoms with Gasteiger partial charge < -0.3 is 19.6 Å². The average molecular weight is 620 g/mol. The molecule has 1 amide bonds. The van der Waals surface area contributed by atoms with Gasteiger partial charge in [-0.15, -0.1) is 11.3 Å². The van der Waals surface area contributed by atoms with Crippen molar-refractivity contribution in [3.05, 3.63) is 58.5 Å². The van der Waals surface area contributed by atoms with Crippen LogP contribution in [0.1, 0.15) is 10.6 Å². The van der Waals surface area contributed by atoms with Gasteiger partial charge in [-0.05, 0) is 25.2 Å². The molecule has 1 aromatic carbocycles. The van der Waals surface area contributed by atoms with E-state index in [0.717, 1.165) is 0 Å². The fraction of sp³-hybridized carbons (Fsp3) is 0.320. The summed E-state index contributed by atoms with van der Waals surface area (Å²) in [6.45, 7) is 1.65. The number of amides is 1. The third-order valence-corrected chi connectivity index (χ3v) is 9.05. The van der Waals surface area contributed by atoms with Gasteiger partial charge in [0.25, 0.3) is 5.91 Å². The average Bonchev–Trinajstić information content (AvgIpc) is 3.63. The highest BCUT2D eigenvalue weighted by atomic mass is 32.2. The minimum atomic E-state index is -3.75. The summed E-state index contributed by atoms with van der Waals surface area (Å²) in [5.74, 6) is -0.142. The van der Waals surface area contributed by atoms with Crippen molar-refractivity contribution in [2.45, 2.75) is 11.5 Å². The summed E-state index contributed by atoms with van der Waals surface area (Å²) in [5, 5.41) is 12.6. The molecule has 0 aliphatic carbocycles. The molecule has 13 nitrogen and oxygen atoms in total. The van der Waals surface area contributed by atoms with Crippen LogP contribution >= 0.6 is 22.7 Å². The first-order valence-corrected chi connectivity index (χ1v) is 15.5. The topological polar surface area (TPSA) is 157 Å². The Labute approximate surface area is 245 Å². The molecular weight excluding hydrogens is 591 g/mol. The van der Waals surface area contributed by atoms with Gasteiger partial charge in [0.05, 0.1) is 11.5 Å². The van der Waals surface area contributed by atoms with E-state index in [2.05, 4.69) is 30.7 Å². The first-order valence-electron chi connectivity index (χ1n) is 12.3. The Morgan fingerprint density at radius 3 is 2.63 bits per heavy atom. The number of aromatic nitrogens is 3. The molecule has 0 saturated carbocycles. The van der Waals surface area contributed by atoms with Crippen molar-refractivity contribution in [2.24, 2.45) is 5.16 Å². The molecule has 0 unspecified atom stereocenters. The molecule has 0 bridgehead atoms. The number of ether oxygens (including phenoxy) is 2. The van der Waals surface area contributed by atoms with Crippen LogP contribution in [0, 0.1) is 0 Å². The molecule has 41 heavy (non-hydrogen) atoms. The first-order chi connectivity index (χ1) is 19.8. The Balaban J connectivity index is 1.55. The summed E-state index contributed by atoms with van der Waals surface area (Å²) in [7, 11) is 1.06. The minimum absolute atomic E-state index is 0.0621. The zero-order valence-corrected chi connectivity index (χ0v) is 25.0. The molecule has 3 aromatic heterocycles. The van der Waals surface area contributed by atoms with Gasteiger partial charge in [0.1, 0.15) is 22.0 Å². The fourth-order valence-corrected chi connectivity index (χ4v) is 5.86. The van der Waals surface area contributed by atoms with E-state index in [-0.39, 0.29) is 30.4 Å². The summed E-state index contributed by atoms with van der Waals surface area (Å²) in [5.41, 5.74) is 0.873. The zero-order valence-electron chi connectivity index (χ0n) is 22.6. The van der Waals surface area contributed by atoms with E-state index in [9.17, 15) is 13.2 Å². The van der Waals surface area contributed by atoms with Crippen LogP contribution in [0.15, 0.2) is 58.0 Å². The van der Waals surface area contributed by atoms with Gasteiger partial charge in [-0.3, -0.25) is 10.1 Å². The second-order valence-corrected chi connectivity index (χ2v) is 12.4. The number of benzene rings is 1. The smallest absolute Gasteiger partial charge is 0.280 e. The maximum absolute atomic E-state index is 13.4. The number of hydrogen-bond donors (Lipinski definition) is 2. The molecule has 0 fully saturated rings. The van der Waals surface area contributed by atoms with E-state index >= 15 is 0 Å². The van der Waals surface area contributed by atoms with Crippen LogP contribution in [0.3, 0.4) is 0 Å². The van der Waals surface area contributed by atoms with Crippen molar-refractivity contribution in [1.82, 2.24) is 24.6 Å². The Morgan fingerprint density at radius 2 is 1.93 bits per heavy atom. The lowest BCUT2D eigenvalue weighted by Crippen LogP contribution is -2.30. The Hall–Kier alpha value is -3.54. The molecule has 0 atom stereocenters. The molecule has 0 radical (unpaired) electrons. The van der Waals surface area contributed by atoms with E-state index in [1.54, 1.807) is 23.7 Å². The highest BCUT2D eigenvalue weighted by Gasteiger charge is 2.23. The van der Waals surface area contributed by atoms with Crippen LogP contribution < -0.4 is 15.4 Å². The second-order valence-electron chi connectivity index (χ2n) is 8.38. The van der Waals surface area contributed by atoms with E-state index in [0.29, 0.717) is 45.1 Å². The summed E-state index contributed by atoms with van der Waals surface area (Å²) in [4.78, 5) is 32.5. The standard InChI is InChI=1S/C25H29N7O6S3/c1-26-10-13-37-20-9-8-19-24(29-20)40-25(28-19)30-23(33)22(31-38-16-21-27-11-15-39-21)17-4-6-18(7-5-17)41(34,35)32(2)12-14-36-3/h4-9,11,15,26H,10,12-14,16H2,1-3H3,(H,28,30,33)/b31-22+. The van der Waals surface area contributed by atoms with Gasteiger partial charge in [-0.25, -0.2) is 23.4 Å². The van der Waals surface area contributed by atoms with Gasteiger partial charge in [0.15, 0.2) is 17.5 Å². The highest BCUT2D eigenvalue weighted by Crippen LogP contribution is 2.26. The largest absolute Gasteiger partial charge is 0.476 e. The van der Waals surface area contributed by atoms with Crippen LogP contribution in [0.2, 0.25) is 0 Å². The number of carbonyl (C=O) groups is 1. The molecule has 0 aliphatic rings. The Kier molecular flexibility index (Phi) is 10.7. The molecule has 4 rings (SSSR count). The maximum atomic E-state index is 13.4. The van der Waals surface area contributed by atoms with E-state index in [1.165, 1.54) is 65.4 Å². The van der Waals surface area contributed by atoms with Crippen LogP contribution in [0.5, 0.6) is 5.88 Å². The fourth-order valence-electron chi connectivity index (χ4n) is 3.35. The van der Waals surface area contributed by atoms with Gasteiger partial charge in [0.2, 0.25) is 15.9 Å². The van der Waals surface area contributed by atoms with Gasteiger partial charge in [0, 0.05) is 50.5 Å². The van der Waals surface area contributed by atoms with Crippen LogP contribution in [-0.4, -0.2) is 86.8 Å². The summed E-state index contributed by atoms with van der Waals surface area (Å²) < 4.78 is 37.6. The van der Waals surface area contributed by atoms with Gasteiger partial charge in [-0.1, -0.05) is 28.6 Å². The second kappa shape index (κ2) is 14.4. The molecule has 0 spiro atoms. The number of oxime groups is 1. The van der Waals surface area contributed by atoms with Crippen LogP contribution in [-0.2, 0) is 31.0 Å². The number of sulfonamides is 1. The third-order valence-electron chi connectivity index (χ3n) is 5.54. The molecule has 2 N–H and O–H groups in total. The number of hydrogen-bond acceptors (Lipinski definition) is 13. The SMILES string of the molecule is CNCCOc1ccc2nc(NC(=O)/C(=N/OCc3nccs3)c3ccc(S(=O)(=O)N(C)CCOC)cc3)sc2n1. The molecule has 3 heterocycles. The van der Waals surface area contributed by atoms with Crippen LogP contribution in [0.4, 0.5) is 5.13 Å². The summed E-state index contributed by atoms with van der Waals surface area (Å²) in [6.07, 6.45) is 1.64. The number of nitrogens with one attached hydrogen (secondary N) is 2. The number of likely N-dealkylation sites (N-methyl/N-ethyl adjacent to an activating group) is 2. The lowest BCUT2D eigenvalue weighted by atomic mass is 10.1. The normalized spacial score (nSPS) is 12.1. The molecule has 218 valence electrons. The van der Waals surface area contributed by atoms with Crippen molar-refractivity contribution < 1.29 is 27.5 Å². The molecular formula is C25H29N7O6S3. The predicted molar refractivity (Wildman–Crippen MR) is 157 cm³/mol. The van der Waals surface area contributed by atoms with Crippen molar-refractivity contribution in [3.8, 4) is 5.88 Å². The number of fused-ring (bicyclic) bond motifs is 1. The Morgan fingerprint density at radius 1 is 1.12 bits per heavy atom. The quantitative estimate of drug-likeness (QED) is 0.115. The summed E-state index contributed by atoms with van der Waals surface area (Å²) >= 11 is 2.57. The number of methoxy groups -OCH3 is 1. The number of anilines is 1. The third kappa shape index (κ3) is 8.02. The number of pyridine rings is 1. The monoisotopic (exact) mass is 619 g/mol. The van der Waals surface area contributed by atoms with E-state index < -0.39 is 15.9 Å². The number of carbonyl (C=O) groups excluding carboxylic acids is 1. The molecule has 4 aromatic rings. The maximum Gasteiger partial charge on any atom is 0.280 e. The number of thiazole rings is 2. The van der Waals surface area contributed by atoms with Crippen molar-refractivity contribution in [3.63, 3.8) is 0 Å². The van der Waals surface area contributed by atoms with E-state index in [1.807, 2.05) is 7.05 Å². The molecule has 0 aliphatic heterocycles. The lowest BCUT2D eigenvalue weighted by molar-refractivity contribution is -0.110. The molecule has 16 heteroatoms. The first kappa shape index (κ1) is 30.4. The molecule has 0 saturated heterocycles. The minimum Gasteiger partial charge on any atom is -0.476 e. The predicted octanol–water partition coefficient (Wildman–Crippen LogP) is 2.57. The van der Waals surface area contributed by atoms with Crippen molar-refractivity contribution in [1.29, 1.82) is 0 Å². The van der Waals surface area contributed by atoms with Crippen LogP contribution in [0.25, 0.3) is 10.3 Å². The van der Waals surface area contributed by atoms with Crippen molar-refractivity contribution in [2.75, 3.05) is 52.8 Å². The number of rotatable bonds is 15. The van der Waals surface area contributed by atoms with Gasteiger partial charge in [-0.2, -0.15) is 4.31 Å². The van der Waals surface area contributed by atoms with Gasteiger partial charge >= 0.3 is 0 Å². The lowest BCUT2D eigenvalue weighted by Gasteiger charge is -2.17. The Bertz CT molecular complexity index is 1570. The number of nitrogens with zero attached hydrogens (tertiary/aromatic N) is 5.